The number of nitrogens with zero attached hydrogens (tertiary/aromatic N) is 3. The lowest BCUT2D eigenvalue weighted by Gasteiger charge is -2.39. The second-order valence-electron chi connectivity index (χ2n) is 8.75. The lowest BCUT2D eigenvalue weighted by Crippen LogP contribution is -2.53. The summed E-state index contributed by atoms with van der Waals surface area (Å²) in [5.74, 6) is 1.54. The van der Waals surface area contributed by atoms with Gasteiger partial charge in [0.2, 0.25) is 5.95 Å². The van der Waals surface area contributed by atoms with Crippen molar-refractivity contribution in [1.29, 1.82) is 0 Å². The van der Waals surface area contributed by atoms with Crippen molar-refractivity contribution >= 4 is 5.95 Å². The van der Waals surface area contributed by atoms with Gasteiger partial charge in [-0.3, -0.25) is 4.90 Å². The number of anilines is 1. The van der Waals surface area contributed by atoms with Crippen LogP contribution in [0, 0.1) is 5.92 Å². The fraction of sp³-hybridized carbons (Fsp3) is 0.385. The standard InChI is InChI=1S/C26H33N5O/c1-19(2)25-17-27-15-16-31(25)18-21-5-3-4-6-23(21)24-12-14-29-26(30-24)28-13-11-20-7-9-22(32)10-8-20/h3-10,12,14,19,25,27,32H,11,13,15-18H2,1-2H3,(H,28,29,30). The average Bonchev–Trinajstić information content (AvgIpc) is 2.81. The average molecular weight is 432 g/mol. The topological polar surface area (TPSA) is 73.3 Å². The van der Waals surface area contributed by atoms with E-state index in [0.717, 1.165) is 56.0 Å². The van der Waals surface area contributed by atoms with Crippen LogP contribution in [0.15, 0.2) is 60.8 Å². The molecule has 1 atom stereocenters. The Balaban J connectivity index is 1.46. The molecule has 168 valence electrons. The zero-order valence-electron chi connectivity index (χ0n) is 19.0. The van der Waals surface area contributed by atoms with Gasteiger partial charge in [-0.2, -0.15) is 0 Å². The van der Waals surface area contributed by atoms with Crippen molar-refractivity contribution in [3.05, 3.63) is 71.9 Å². The van der Waals surface area contributed by atoms with Crippen molar-refractivity contribution in [2.75, 3.05) is 31.5 Å². The van der Waals surface area contributed by atoms with Gasteiger partial charge in [-0.05, 0) is 41.7 Å². The molecule has 0 radical (unpaired) electrons. The Hall–Kier alpha value is -2.96. The summed E-state index contributed by atoms with van der Waals surface area (Å²) < 4.78 is 0. The number of aromatic nitrogens is 2. The van der Waals surface area contributed by atoms with Crippen molar-refractivity contribution in [2.45, 2.75) is 32.9 Å². The lowest BCUT2D eigenvalue weighted by molar-refractivity contribution is 0.117. The highest BCUT2D eigenvalue weighted by Gasteiger charge is 2.25. The fourth-order valence-electron chi connectivity index (χ4n) is 4.32. The van der Waals surface area contributed by atoms with Gasteiger partial charge >= 0.3 is 0 Å². The third-order valence-corrected chi connectivity index (χ3v) is 6.12. The molecule has 1 saturated heterocycles. The van der Waals surface area contributed by atoms with Crippen LogP contribution in [0.3, 0.4) is 0 Å². The maximum absolute atomic E-state index is 9.42. The minimum atomic E-state index is 0.289. The van der Waals surface area contributed by atoms with E-state index in [2.05, 4.69) is 58.6 Å². The number of benzene rings is 2. The van der Waals surface area contributed by atoms with Crippen LogP contribution < -0.4 is 10.6 Å². The summed E-state index contributed by atoms with van der Waals surface area (Å²) in [5, 5.41) is 16.3. The quantitative estimate of drug-likeness (QED) is 0.502. The first kappa shape index (κ1) is 22.2. The maximum Gasteiger partial charge on any atom is 0.223 e. The molecule has 0 saturated carbocycles. The molecule has 6 heteroatoms. The van der Waals surface area contributed by atoms with E-state index >= 15 is 0 Å². The highest BCUT2D eigenvalue weighted by molar-refractivity contribution is 5.64. The molecule has 1 fully saturated rings. The molecular weight excluding hydrogens is 398 g/mol. The normalized spacial score (nSPS) is 16.9. The highest BCUT2D eigenvalue weighted by atomic mass is 16.3. The first-order chi connectivity index (χ1) is 15.6. The number of piperazine rings is 1. The molecule has 32 heavy (non-hydrogen) atoms. The Morgan fingerprint density at radius 3 is 2.75 bits per heavy atom. The van der Waals surface area contributed by atoms with E-state index in [9.17, 15) is 5.11 Å². The minimum absolute atomic E-state index is 0.289. The second kappa shape index (κ2) is 10.6. The summed E-state index contributed by atoms with van der Waals surface area (Å²) in [6.45, 7) is 9.40. The Morgan fingerprint density at radius 1 is 1.12 bits per heavy atom. The number of phenols is 1. The first-order valence-corrected chi connectivity index (χ1v) is 11.5. The lowest BCUT2D eigenvalue weighted by atomic mass is 9.98. The molecule has 1 unspecified atom stereocenters. The maximum atomic E-state index is 9.42. The number of aromatic hydroxyl groups is 1. The van der Waals surface area contributed by atoms with Crippen LogP contribution >= 0.6 is 0 Å². The Bertz CT molecular complexity index is 1010. The van der Waals surface area contributed by atoms with Crippen LogP contribution in [-0.4, -0.2) is 52.2 Å². The molecule has 0 spiro atoms. The Morgan fingerprint density at radius 2 is 1.94 bits per heavy atom. The van der Waals surface area contributed by atoms with Crippen molar-refractivity contribution in [3.8, 4) is 17.0 Å². The first-order valence-electron chi connectivity index (χ1n) is 11.5. The molecule has 0 bridgehead atoms. The second-order valence-corrected chi connectivity index (χ2v) is 8.75. The van der Waals surface area contributed by atoms with E-state index in [4.69, 9.17) is 4.98 Å². The van der Waals surface area contributed by atoms with E-state index in [1.165, 1.54) is 5.56 Å². The molecule has 3 aromatic rings. The smallest absolute Gasteiger partial charge is 0.223 e. The molecular formula is C26H33N5O. The van der Waals surface area contributed by atoms with Gasteiger partial charge in [-0.1, -0.05) is 50.2 Å². The molecule has 3 N–H and O–H groups in total. The van der Waals surface area contributed by atoms with Crippen LogP contribution in [0.2, 0.25) is 0 Å². The van der Waals surface area contributed by atoms with E-state index in [1.54, 1.807) is 12.1 Å². The van der Waals surface area contributed by atoms with Gasteiger partial charge in [-0.25, -0.2) is 9.97 Å². The van der Waals surface area contributed by atoms with E-state index in [1.807, 2.05) is 24.4 Å². The largest absolute Gasteiger partial charge is 0.508 e. The third kappa shape index (κ3) is 5.64. The van der Waals surface area contributed by atoms with Crippen LogP contribution in [0.1, 0.15) is 25.0 Å². The molecule has 6 nitrogen and oxygen atoms in total. The SMILES string of the molecule is CC(C)C1CNCCN1Cc1ccccc1-c1ccnc(NCCc2ccc(O)cc2)n1. The Labute approximate surface area is 190 Å². The van der Waals surface area contributed by atoms with Crippen molar-refractivity contribution < 1.29 is 5.11 Å². The van der Waals surface area contributed by atoms with Crippen LogP contribution in [-0.2, 0) is 13.0 Å². The predicted molar refractivity (Wildman–Crippen MR) is 130 cm³/mol. The molecule has 2 heterocycles. The molecule has 2 aromatic carbocycles. The number of hydrogen-bond acceptors (Lipinski definition) is 6. The fourth-order valence-corrected chi connectivity index (χ4v) is 4.32. The van der Waals surface area contributed by atoms with E-state index in [0.29, 0.717) is 17.9 Å². The van der Waals surface area contributed by atoms with E-state index in [-0.39, 0.29) is 5.75 Å². The number of hydrogen-bond donors (Lipinski definition) is 3. The molecule has 1 aliphatic rings. The third-order valence-electron chi connectivity index (χ3n) is 6.12. The highest BCUT2D eigenvalue weighted by Crippen LogP contribution is 2.25. The monoisotopic (exact) mass is 431 g/mol. The van der Waals surface area contributed by atoms with Crippen molar-refractivity contribution in [1.82, 2.24) is 20.2 Å². The summed E-state index contributed by atoms with van der Waals surface area (Å²) in [4.78, 5) is 11.8. The molecule has 1 aliphatic heterocycles. The van der Waals surface area contributed by atoms with Gasteiger partial charge in [0, 0.05) is 50.5 Å². The van der Waals surface area contributed by atoms with Crippen LogP contribution in [0.25, 0.3) is 11.3 Å². The summed E-state index contributed by atoms with van der Waals surface area (Å²) in [7, 11) is 0. The molecule has 0 aliphatic carbocycles. The summed E-state index contributed by atoms with van der Waals surface area (Å²) in [6, 6.07) is 18.4. The Kier molecular flexibility index (Phi) is 7.35. The zero-order chi connectivity index (χ0) is 22.3. The van der Waals surface area contributed by atoms with Crippen LogP contribution in [0.5, 0.6) is 5.75 Å². The van der Waals surface area contributed by atoms with Crippen molar-refractivity contribution in [3.63, 3.8) is 0 Å². The summed E-state index contributed by atoms with van der Waals surface area (Å²) >= 11 is 0. The molecule has 0 amide bonds. The van der Waals surface area contributed by atoms with Crippen molar-refractivity contribution in [2.24, 2.45) is 5.92 Å². The number of phenolic OH excluding ortho intramolecular Hbond substituents is 1. The molecule has 1 aromatic heterocycles. The number of rotatable bonds is 8. The van der Waals surface area contributed by atoms with Gasteiger partial charge in [0.25, 0.3) is 0 Å². The van der Waals surface area contributed by atoms with Gasteiger partial charge in [0.1, 0.15) is 5.75 Å². The van der Waals surface area contributed by atoms with Gasteiger partial charge in [-0.15, -0.1) is 0 Å². The molecule has 4 rings (SSSR count). The van der Waals surface area contributed by atoms with Crippen LogP contribution in [0.4, 0.5) is 5.95 Å². The zero-order valence-corrected chi connectivity index (χ0v) is 19.0. The summed E-state index contributed by atoms with van der Waals surface area (Å²) in [6.07, 6.45) is 2.66. The van der Waals surface area contributed by atoms with E-state index < -0.39 is 0 Å². The van der Waals surface area contributed by atoms with Gasteiger partial charge < -0.3 is 15.7 Å². The van der Waals surface area contributed by atoms with Gasteiger partial charge in [0.05, 0.1) is 5.69 Å². The van der Waals surface area contributed by atoms with Gasteiger partial charge in [0.15, 0.2) is 0 Å². The predicted octanol–water partition coefficient (Wildman–Crippen LogP) is 3.93. The summed E-state index contributed by atoms with van der Waals surface area (Å²) in [5.41, 5.74) is 4.57. The minimum Gasteiger partial charge on any atom is -0.508 e. The number of nitrogens with one attached hydrogen (secondary N) is 2.